The summed E-state index contributed by atoms with van der Waals surface area (Å²) < 4.78 is 11.5. The molecular weight excluding hydrogens is 403 g/mol. The number of aromatic amines is 1. The zero-order chi connectivity index (χ0) is 12.4. The van der Waals surface area contributed by atoms with Gasteiger partial charge in [-0.25, -0.2) is 4.98 Å². The molecular formula is C10H8BrIN2O3. The summed E-state index contributed by atoms with van der Waals surface area (Å²) >= 11 is 5.26. The molecule has 2 aromatic heterocycles. The highest BCUT2D eigenvalue weighted by Crippen LogP contribution is 2.26. The summed E-state index contributed by atoms with van der Waals surface area (Å²) in [7, 11) is 1.56. The standard InChI is InChI=1S/C10H8BrIN2O3/c1-16-4-6-7(12)10(15)14-9(13-6)8-5(11)2-3-17-8/h2-3H,4H2,1H3,(H,13,14,15). The van der Waals surface area contributed by atoms with Crippen LogP contribution in [0.25, 0.3) is 11.6 Å². The van der Waals surface area contributed by atoms with Crippen LogP contribution in [0.1, 0.15) is 5.69 Å². The van der Waals surface area contributed by atoms with Crippen LogP contribution in [0.2, 0.25) is 0 Å². The molecule has 0 aliphatic carbocycles. The minimum absolute atomic E-state index is 0.203. The Kier molecular flexibility index (Phi) is 4.00. The summed E-state index contributed by atoms with van der Waals surface area (Å²) in [5.41, 5.74) is 0.390. The van der Waals surface area contributed by atoms with Gasteiger partial charge in [-0.05, 0) is 44.6 Å². The van der Waals surface area contributed by atoms with Gasteiger partial charge < -0.3 is 14.1 Å². The summed E-state index contributed by atoms with van der Waals surface area (Å²) in [4.78, 5) is 18.7. The van der Waals surface area contributed by atoms with Crippen molar-refractivity contribution in [1.82, 2.24) is 9.97 Å². The topological polar surface area (TPSA) is 68.1 Å². The summed E-state index contributed by atoms with van der Waals surface area (Å²) in [5, 5.41) is 0. The Labute approximate surface area is 119 Å². The molecule has 2 rings (SSSR count). The zero-order valence-corrected chi connectivity index (χ0v) is 12.5. The van der Waals surface area contributed by atoms with Gasteiger partial charge in [-0.15, -0.1) is 0 Å². The van der Waals surface area contributed by atoms with Crippen LogP contribution in [0, 0.1) is 3.57 Å². The van der Waals surface area contributed by atoms with Crippen LogP contribution in [0.15, 0.2) is 26.0 Å². The Morgan fingerprint density at radius 1 is 1.65 bits per heavy atom. The average Bonchev–Trinajstić information content (AvgIpc) is 2.71. The van der Waals surface area contributed by atoms with E-state index in [1.54, 1.807) is 13.2 Å². The molecule has 0 amide bonds. The molecule has 0 fully saturated rings. The molecule has 2 heterocycles. The van der Waals surface area contributed by atoms with Crippen LogP contribution in [0.3, 0.4) is 0 Å². The van der Waals surface area contributed by atoms with E-state index in [1.807, 2.05) is 22.6 Å². The lowest BCUT2D eigenvalue weighted by Crippen LogP contribution is -2.16. The van der Waals surface area contributed by atoms with Crippen LogP contribution in [0.4, 0.5) is 0 Å². The third kappa shape index (κ3) is 2.61. The third-order valence-electron chi connectivity index (χ3n) is 2.04. The number of nitrogens with one attached hydrogen (secondary N) is 1. The predicted octanol–water partition coefficient (Wildman–Crippen LogP) is 2.54. The lowest BCUT2D eigenvalue weighted by Gasteiger charge is -2.04. The van der Waals surface area contributed by atoms with E-state index in [9.17, 15) is 4.79 Å². The second-order valence-electron chi connectivity index (χ2n) is 3.21. The summed E-state index contributed by atoms with van der Waals surface area (Å²) in [5.74, 6) is 0.884. The molecule has 0 unspecified atom stereocenters. The smallest absolute Gasteiger partial charge is 0.265 e. The Morgan fingerprint density at radius 2 is 2.41 bits per heavy atom. The Hall–Kier alpha value is -0.670. The highest BCUT2D eigenvalue weighted by atomic mass is 127. The number of methoxy groups -OCH3 is 1. The number of nitrogens with zero attached hydrogens (tertiary/aromatic N) is 1. The first kappa shape index (κ1) is 12.8. The molecule has 2 aromatic rings. The number of ether oxygens (including phenoxy) is 1. The number of hydrogen-bond donors (Lipinski definition) is 1. The summed E-state index contributed by atoms with van der Waals surface area (Å²) in [6.07, 6.45) is 1.52. The Bertz CT molecular complexity index is 593. The second-order valence-corrected chi connectivity index (χ2v) is 5.14. The maximum atomic E-state index is 11.7. The first-order chi connectivity index (χ1) is 8.13. The maximum absolute atomic E-state index is 11.7. The first-order valence-corrected chi connectivity index (χ1v) is 6.51. The van der Waals surface area contributed by atoms with Crippen LogP contribution in [-0.4, -0.2) is 17.1 Å². The molecule has 0 spiro atoms. The van der Waals surface area contributed by atoms with E-state index in [4.69, 9.17) is 9.15 Å². The molecule has 0 aromatic carbocycles. The van der Waals surface area contributed by atoms with Crippen molar-refractivity contribution in [2.45, 2.75) is 6.61 Å². The predicted molar refractivity (Wildman–Crippen MR) is 73.7 cm³/mol. The fourth-order valence-electron chi connectivity index (χ4n) is 1.31. The lowest BCUT2D eigenvalue weighted by molar-refractivity contribution is 0.180. The normalized spacial score (nSPS) is 10.8. The molecule has 5 nitrogen and oxygen atoms in total. The van der Waals surface area contributed by atoms with E-state index in [0.717, 1.165) is 4.47 Å². The monoisotopic (exact) mass is 410 g/mol. The van der Waals surface area contributed by atoms with Crippen molar-refractivity contribution in [2.75, 3.05) is 7.11 Å². The van der Waals surface area contributed by atoms with Crippen LogP contribution in [0.5, 0.6) is 0 Å². The largest absolute Gasteiger partial charge is 0.460 e. The fraction of sp³-hybridized carbons (Fsp3) is 0.200. The van der Waals surface area contributed by atoms with Gasteiger partial charge in [-0.3, -0.25) is 4.79 Å². The minimum Gasteiger partial charge on any atom is -0.460 e. The maximum Gasteiger partial charge on any atom is 0.265 e. The third-order valence-corrected chi connectivity index (χ3v) is 3.78. The molecule has 90 valence electrons. The summed E-state index contributed by atoms with van der Waals surface area (Å²) in [6, 6.07) is 1.74. The average molecular weight is 411 g/mol. The van der Waals surface area contributed by atoms with Crippen molar-refractivity contribution in [2.24, 2.45) is 0 Å². The molecule has 0 radical (unpaired) electrons. The number of aromatic nitrogens is 2. The van der Waals surface area contributed by atoms with E-state index in [1.165, 1.54) is 6.26 Å². The van der Waals surface area contributed by atoms with Gasteiger partial charge in [-0.1, -0.05) is 0 Å². The van der Waals surface area contributed by atoms with E-state index in [0.29, 0.717) is 20.8 Å². The van der Waals surface area contributed by atoms with E-state index < -0.39 is 0 Å². The molecule has 7 heteroatoms. The van der Waals surface area contributed by atoms with Crippen molar-refractivity contribution in [1.29, 1.82) is 0 Å². The molecule has 0 saturated carbocycles. The first-order valence-electron chi connectivity index (χ1n) is 4.64. The quantitative estimate of drug-likeness (QED) is 0.789. The van der Waals surface area contributed by atoms with Gasteiger partial charge in [0.2, 0.25) is 0 Å². The van der Waals surface area contributed by atoms with E-state index in [-0.39, 0.29) is 12.2 Å². The fourth-order valence-corrected chi connectivity index (χ4v) is 2.11. The Morgan fingerprint density at radius 3 is 3.00 bits per heavy atom. The summed E-state index contributed by atoms with van der Waals surface area (Å²) in [6.45, 7) is 0.285. The van der Waals surface area contributed by atoms with Crippen LogP contribution >= 0.6 is 38.5 Å². The lowest BCUT2D eigenvalue weighted by atomic mass is 10.3. The molecule has 0 aliphatic rings. The van der Waals surface area contributed by atoms with Gasteiger partial charge in [0.1, 0.15) is 3.57 Å². The van der Waals surface area contributed by atoms with Gasteiger partial charge in [0.25, 0.3) is 5.56 Å². The zero-order valence-electron chi connectivity index (χ0n) is 8.79. The number of halogens is 2. The number of furan rings is 1. The molecule has 0 aliphatic heterocycles. The van der Waals surface area contributed by atoms with Crippen molar-refractivity contribution >= 4 is 38.5 Å². The van der Waals surface area contributed by atoms with Crippen molar-refractivity contribution < 1.29 is 9.15 Å². The molecule has 1 N–H and O–H groups in total. The van der Waals surface area contributed by atoms with E-state index >= 15 is 0 Å². The number of rotatable bonds is 3. The molecule has 0 saturated heterocycles. The van der Waals surface area contributed by atoms with Crippen LogP contribution in [-0.2, 0) is 11.3 Å². The van der Waals surface area contributed by atoms with Gasteiger partial charge in [-0.2, -0.15) is 0 Å². The van der Waals surface area contributed by atoms with Gasteiger partial charge >= 0.3 is 0 Å². The highest BCUT2D eigenvalue weighted by Gasteiger charge is 2.14. The number of hydrogen-bond acceptors (Lipinski definition) is 4. The highest BCUT2D eigenvalue weighted by molar-refractivity contribution is 14.1. The van der Waals surface area contributed by atoms with Gasteiger partial charge in [0, 0.05) is 7.11 Å². The van der Waals surface area contributed by atoms with Crippen molar-refractivity contribution in [3.63, 3.8) is 0 Å². The molecule has 17 heavy (non-hydrogen) atoms. The minimum atomic E-state index is -0.203. The van der Waals surface area contributed by atoms with Gasteiger partial charge in [0.05, 0.1) is 23.0 Å². The van der Waals surface area contributed by atoms with E-state index in [2.05, 4.69) is 25.9 Å². The van der Waals surface area contributed by atoms with Crippen LogP contribution < -0.4 is 5.56 Å². The Balaban J connectivity index is 2.57. The van der Waals surface area contributed by atoms with Crippen molar-refractivity contribution in [3.05, 3.63) is 36.4 Å². The second kappa shape index (κ2) is 5.32. The van der Waals surface area contributed by atoms with Gasteiger partial charge in [0.15, 0.2) is 11.6 Å². The number of H-pyrrole nitrogens is 1. The molecule has 0 atom stereocenters. The molecule has 0 bridgehead atoms. The SMILES string of the molecule is COCc1nc(-c2occc2Br)[nH]c(=O)c1I. The van der Waals surface area contributed by atoms with Crippen molar-refractivity contribution in [3.8, 4) is 11.6 Å².